The van der Waals surface area contributed by atoms with Crippen LogP contribution in [0.15, 0.2) is 18.3 Å². The molecular formula is C28H37ClN12O4. The van der Waals surface area contributed by atoms with E-state index < -0.39 is 30.3 Å². The number of carbonyl (C=O) groups is 2. The number of esters is 1. The summed E-state index contributed by atoms with van der Waals surface area (Å²) in [6, 6.07) is 5.90. The van der Waals surface area contributed by atoms with Crippen molar-refractivity contribution in [3.05, 3.63) is 34.6 Å². The number of alkyl carbamates (subject to hydrolysis) is 1. The second kappa shape index (κ2) is 15.7. The molecule has 0 bridgehead atoms. The number of imidazole rings is 1. The number of nitrogens with zero attached hydrogens (tertiary/aromatic N) is 7. The van der Waals surface area contributed by atoms with Crippen LogP contribution in [0.1, 0.15) is 44.9 Å². The van der Waals surface area contributed by atoms with Crippen LogP contribution in [0.25, 0.3) is 5.65 Å². The van der Waals surface area contributed by atoms with Crippen LogP contribution in [0, 0.1) is 22.7 Å². The second-order valence-corrected chi connectivity index (χ2v) is 10.3. The largest absolute Gasteiger partial charge is 0.457 e. The highest BCUT2D eigenvalue weighted by atomic mass is 35.5. The number of hydrogen-bond donors (Lipinski definition) is 5. The molecule has 0 radical (unpaired) electrons. The molecule has 7 N–H and O–H groups in total. The Hall–Kier alpha value is -4.90. The maximum atomic E-state index is 12.8. The predicted octanol–water partition coefficient (Wildman–Crippen LogP) is 2.25. The van der Waals surface area contributed by atoms with Gasteiger partial charge in [-0.15, -0.1) is 5.10 Å². The van der Waals surface area contributed by atoms with Crippen molar-refractivity contribution in [2.75, 3.05) is 48.8 Å². The molecule has 0 aliphatic carbocycles. The number of ether oxygens (including phenoxy) is 2. The molecule has 0 spiro atoms. The van der Waals surface area contributed by atoms with Gasteiger partial charge in [-0.2, -0.15) is 20.0 Å². The Morgan fingerprint density at radius 2 is 2.07 bits per heavy atom. The van der Waals surface area contributed by atoms with Crippen molar-refractivity contribution >= 4 is 52.5 Å². The minimum Gasteiger partial charge on any atom is -0.457 e. The highest BCUT2D eigenvalue weighted by Gasteiger charge is 2.35. The monoisotopic (exact) mass is 640 g/mol. The first kappa shape index (κ1) is 34.6. The Balaban J connectivity index is 0.00000552. The number of piperidine rings is 1. The summed E-state index contributed by atoms with van der Waals surface area (Å²) in [7, 11) is 1.24. The number of methoxy groups -OCH3 is 1. The maximum Gasteiger partial charge on any atom is 0.407 e. The first-order chi connectivity index (χ1) is 21.2. The van der Waals surface area contributed by atoms with E-state index >= 15 is 0 Å². The number of halogens is 1. The summed E-state index contributed by atoms with van der Waals surface area (Å²) in [6.07, 6.45) is 1.18. The summed E-state index contributed by atoms with van der Waals surface area (Å²) in [5.74, 6) is -0.125. The molecule has 3 heterocycles. The number of rotatable bonds is 11. The minimum absolute atomic E-state index is 0. The predicted molar refractivity (Wildman–Crippen MR) is 168 cm³/mol. The van der Waals surface area contributed by atoms with E-state index in [9.17, 15) is 20.1 Å². The van der Waals surface area contributed by atoms with E-state index in [1.54, 1.807) is 12.1 Å². The smallest absolute Gasteiger partial charge is 0.407 e. The third-order valence-corrected chi connectivity index (χ3v) is 7.33. The molecule has 4 rings (SSSR count). The zero-order valence-electron chi connectivity index (χ0n) is 24.2. The van der Waals surface area contributed by atoms with Gasteiger partial charge in [0, 0.05) is 13.1 Å². The summed E-state index contributed by atoms with van der Waals surface area (Å²) in [5, 5.41) is 32.8. The number of nitrogens with two attached hydrogens (primary N) is 2. The van der Waals surface area contributed by atoms with Crippen LogP contribution in [0.4, 0.5) is 27.9 Å². The van der Waals surface area contributed by atoms with Gasteiger partial charge in [0.05, 0.1) is 53.9 Å². The van der Waals surface area contributed by atoms with Crippen LogP contribution >= 0.6 is 11.6 Å². The zero-order valence-corrected chi connectivity index (χ0v) is 25.0. The van der Waals surface area contributed by atoms with Crippen LogP contribution in [-0.2, 0) is 14.3 Å². The third-order valence-electron chi connectivity index (χ3n) is 6.93. The molecule has 1 fully saturated rings. The molecule has 1 aliphatic heterocycles. The Bertz CT molecular complexity index is 1600. The van der Waals surface area contributed by atoms with Crippen molar-refractivity contribution < 1.29 is 19.1 Å². The van der Waals surface area contributed by atoms with Crippen molar-refractivity contribution in [1.82, 2.24) is 24.9 Å². The van der Waals surface area contributed by atoms with Crippen LogP contribution in [-0.4, -0.2) is 83.1 Å². The summed E-state index contributed by atoms with van der Waals surface area (Å²) >= 11 is 6.90. The van der Waals surface area contributed by atoms with Crippen molar-refractivity contribution in [1.29, 1.82) is 10.5 Å². The third kappa shape index (κ3) is 7.98. The molecular weight excluding hydrogens is 604 g/mol. The van der Waals surface area contributed by atoms with E-state index in [1.165, 1.54) is 17.8 Å². The van der Waals surface area contributed by atoms with Crippen molar-refractivity contribution in [2.45, 2.75) is 51.8 Å². The number of aromatic nitrogens is 4. The molecule has 1 aromatic carbocycles. The van der Waals surface area contributed by atoms with Crippen molar-refractivity contribution in [3.63, 3.8) is 0 Å². The molecule has 17 heteroatoms. The lowest BCUT2D eigenvalue weighted by Gasteiger charge is -2.40. The van der Waals surface area contributed by atoms with Gasteiger partial charge in [-0.1, -0.05) is 19.0 Å². The van der Waals surface area contributed by atoms with Crippen LogP contribution < -0.4 is 32.3 Å². The number of anilines is 4. The fraction of sp³-hybridized carbons (Fsp3) is 0.464. The van der Waals surface area contributed by atoms with E-state index in [4.69, 9.17) is 32.5 Å². The van der Waals surface area contributed by atoms with Crippen molar-refractivity contribution in [2.24, 2.45) is 11.5 Å². The Kier molecular flexibility index (Phi) is 12.1. The quantitative estimate of drug-likeness (QED) is 0.189. The van der Waals surface area contributed by atoms with Gasteiger partial charge in [-0.25, -0.2) is 9.78 Å². The van der Waals surface area contributed by atoms with Gasteiger partial charge in [-0.05, 0) is 44.9 Å². The van der Waals surface area contributed by atoms with Gasteiger partial charge in [0.15, 0.2) is 17.2 Å². The van der Waals surface area contributed by atoms with Crippen LogP contribution in [0.2, 0.25) is 5.02 Å². The molecule has 16 nitrogen and oxygen atoms in total. The fourth-order valence-electron chi connectivity index (χ4n) is 4.73. The highest BCUT2D eigenvalue weighted by Crippen LogP contribution is 2.37. The molecule has 45 heavy (non-hydrogen) atoms. The number of hydrogen-bond acceptors (Lipinski definition) is 14. The standard InChI is InChI=1S/C27H33ClN12O4.CH4/c1-3-33-23-24-34-13-16(12-31)40(24)38-26(37-23)35-19-9-15(11-30)10-20(22(19)28)39-8-6-18(36-27(42)43-2)21(14-39)44-25(41)17(32)5-4-7-29;/h9-10,13,17-18,21H,3-8,14,29,32H2,1-2H3,(H,36,42)(H2,33,35,37,38);1H4/t17-,18+,21+;/m0./s1. The number of amides is 1. The molecule has 3 aromatic rings. The first-order valence-corrected chi connectivity index (χ1v) is 14.3. The number of nitrogens with one attached hydrogen (secondary N) is 3. The number of benzene rings is 1. The SMILES string of the molecule is C.CCNc1nc(Nc2cc(C#N)cc(N3CC[C@@H](NC(=O)OC)[C@H](OC(=O)[C@@H](N)CCCN)C3)c2Cl)nn2c(C#N)cnc12. The molecule has 3 atom stereocenters. The van der Waals surface area contributed by atoms with Crippen LogP contribution in [0.3, 0.4) is 0 Å². The highest BCUT2D eigenvalue weighted by molar-refractivity contribution is 6.36. The lowest BCUT2D eigenvalue weighted by molar-refractivity contribution is -0.152. The first-order valence-electron chi connectivity index (χ1n) is 13.9. The van der Waals surface area contributed by atoms with Gasteiger partial charge in [0.1, 0.15) is 18.2 Å². The van der Waals surface area contributed by atoms with Gasteiger partial charge < -0.3 is 41.8 Å². The molecule has 0 saturated carbocycles. The van der Waals surface area contributed by atoms with E-state index in [0.717, 1.165) is 0 Å². The van der Waals surface area contributed by atoms with Gasteiger partial charge >= 0.3 is 12.1 Å². The number of carbonyl (C=O) groups excluding carboxylic acids is 2. The Morgan fingerprint density at radius 1 is 1.29 bits per heavy atom. The van der Waals surface area contributed by atoms with Crippen molar-refractivity contribution in [3.8, 4) is 12.1 Å². The van der Waals surface area contributed by atoms with E-state index in [2.05, 4.69) is 37.1 Å². The van der Waals surface area contributed by atoms with Gasteiger partial charge in [0.2, 0.25) is 5.95 Å². The lowest BCUT2D eigenvalue weighted by Crippen LogP contribution is -2.56. The zero-order chi connectivity index (χ0) is 31.8. The van der Waals surface area contributed by atoms with Gasteiger partial charge in [-0.3, -0.25) is 4.79 Å². The van der Waals surface area contributed by atoms with Crippen LogP contribution in [0.5, 0.6) is 0 Å². The molecule has 2 aromatic heterocycles. The van der Waals surface area contributed by atoms with E-state index in [1.807, 2.05) is 17.9 Å². The van der Waals surface area contributed by atoms with E-state index in [-0.39, 0.29) is 36.2 Å². The normalized spacial score (nSPS) is 16.5. The average molecular weight is 641 g/mol. The maximum absolute atomic E-state index is 12.8. The summed E-state index contributed by atoms with van der Waals surface area (Å²) < 4.78 is 11.9. The number of nitriles is 2. The number of fused-ring (bicyclic) bond motifs is 1. The Labute approximate surface area is 265 Å². The molecule has 240 valence electrons. The average Bonchev–Trinajstić information content (AvgIpc) is 3.45. The summed E-state index contributed by atoms with van der Waals surface area (Å²) in [5.41, 5.74) is 13.2. The molecule has 1 saturated heterocycles. The Morgan fingerprint density at radius 3 is 2.73 bits per heavy atom. The minimum atomic E-state index is -0.879. The lowest BCUT2D eigenvalue weighted by atomic mass is 10.00. The topological polar surface area (TPSA) is 235 Å². The summed E-state index contributed by atoms with van der Waals surface area (Å²) in [4.78, 5) is 35.4. The summed E-state index contributed by atoms with van der Waals surface area (Å²) in [6.45, 7) is 3.34. The molecule has 1 amide bonds. The molecule has 1 aliphatic rings. The molecule has 0 unspecified atom stereocenters. The van der Waals surface area contributed by atoms with E-state index in [0.29, 0.717) is 61.7 Å². The fourth-order valence-corrected chi connectivity index (χ4v) is 5.01. The van der Waals surface area contributed by atoms with Gasteiger partial charge in [0.25, 0.3) is 0 Å². The second-order valence-electron chi connectivity index (χ2n) is 9.89.